The molecule has 2 unspecified atom stereocenters. The Morgan fingerprint density at radius 3 is 3.00 bits per heavy atom. The Balaban J connectivity index is 2.41. The molecule has 0 saturated heterocycles. The number of rotatable bonds is 2. The maximum absolute atomic E-state index is 5.01. The zero-order chi connectivity index (χ0) is 8.27. The Morgan fingerprint density at radius 1 is 1.82 bits per heavy atom. The zero-order valence-electron chi connectivity index (χ0n) is 6.30. The molecule has 0 aromatic heterocycles. The van der Waals surface area contributed by atoms with Gasteiger partial charge in [0.1, 0.15) is 0 Å². The van der Waals surface area contributed by atoms with Gasteiger partial charge in [0.2, 0.25) is 0 Å². The Hall–Kier alpha value is 0.0600. The van der Waals surface area contributed by atoms with Crippen LogP contribution in [0, 0.1) is 0 Å². The van der Waals surface area contributed by atoms with Gasteiger partial charge < -0.3 is 4.90 Å². The fraction of sp³-hybridized carbons (Fsp3) is 0.600. The van der Waals surface area contributed by atoms with Crippen molar-refractivity contribution in [3.8, 4) is 0 Å². The van der Waals surface area contributed by atoms with Crippen molar-refractivity contribution < 1.29 is 0 Å². The maximum atomic E-state index is 5.01. The highest BCUT2D eigenvalue weighted by Crippen LogP contribution is 2.22. The SMILES string of the molecule is CN(C)C=NC1N=CS(=S)S1. The van der Waals surface area contributed by atoms with E-state index in [9.17, 15) is 0 Å². The van der Waals surface area contributed by atoms with Gasteiger partial charge in [-0.15, -0.1) is 0 Å². The Bertz CT molecular complexity index is 211. The second-order valence-corrected chi connectivity index (χ2v) is 6.88. The van der Waals surface area contributed by atoms with E-state index >= 15 is 0 Å². The zero-order valence-corrected chi connectivity index (χ0v) is 8.75. The third-order valence-corrected chi connectivity index (χ3v) is 4.09. The van der Waals surface area contributed by atoms with Crippen molar-refractivity contribution in [3.63, 3.8) is 0 Å². The van der Waals surface area contributed by atoms with Crippen LogP contribution in [0.15, 0.2) is 9.98 Å². The first-order chi connectivity index (χ1) is 5.18. The van der Waals surface area contributed by atoms with E-state index in [2.05, 4.69) is 9.98 Å². The average Bonchev–Trinajstić information content (AvgIpc) is 2.31. The van der Waals surface area contributed by atoms with Crippen LogP contribution >= 0.6 is 10.8 Å². The third kappa shape index (κ3) is 3.31. The molecule has 0 fully saturated rings. The fourth-order valence-corrected chi connectivity index (χ4v) is 3.10. The first-order valence-corrected chi connectivity index (χ1v) is 6.60. The second-order valence-electron chi connectivity index (χ2n) is 2.17. The minimum atomic E-state index is -0.142. The summed E-state index contributed by atoms with van der Waals surface area (Å²) in [7, 11) is 5.32. The second kappa shape index (κ2) is 4.18. The lowest BCUT2D eigenvalue weighted by atomic mass is 10.9. The molecule has 0 saturated carbocycles. The van der Waals surface area contributed by atoms with Crippen LogP contribution in [-0.4, -0.2) is 36.4 Å². The van der Waals surface area contributed by atoms with Gasteiger partial charge in [0, 0.05) is 14.1 Å². The normalized spacial score (nSPS) is 30.0. The van der Waals surface area contributed by atoms with E-state index in [4.69, 9.17) is 11.2 Å². The van der Waals surface area contributed by atoms with Crippen LogP contribution in [0.5, 0.6) is 0 Å². The molecule has 1 aliphatic heterocycles. The lowest BCUT2D eigenvalue weighted by Gasteiger charge is -2.03. The third-order valence-electron chi connectivity index (χ3n) is 0.880. The Morgan fingerprint density at radius 2 is 2.55 bits per heavy atom. The molecule has 0 aliphatic carbocycles. The smallest absolute Gasteiger partial charge is 0.198 e. The van der Waals surface area contributed by atoms with Gasteiger partial charge in [0.25, 0.3) is 0 Å². The molecule has 0 amide bonds. The Kier molecular flexibility index (Phi) is 3.47. The van der Waals surface area contributed by atoms with Crippen molar-refractivity contribution in [1.82, 2.24) is 4.90 Å². The van der Waals surface area contributed by atoms with Crippen LogP contribution < -0.4 is 0 Å². The molecule has 0 aromatic carbocycles. The first-order valence-electron chi connectivity index (χ1n) is 2.99. The molecule has 0 aromatic rings. The number of hydrogen-bond acceptors (Lipinski definition) is 4. The predicted octanol–water partition coefficient (Wildman–Crippen LogP) is 0.630. The molecule has 3 nitrogen and oxygen atoms in total. The average molecular weight is 207 g/mol. The van der Waals surface area contributed by atoms with Gasteiger partial charge in [-0.25, -0.2) is 9.98 Å². The molecule has 1 heterocycles. The quantitative estimate of drug-likeness (QED) is 0.378. The molecule has 0 N–H and O–H groups in total. The highest BCUT2D eigenvalue weighted by atomic mass is 33.3. The fourth-order valence-electron chi connectivity index (χ4n) is 0.490. The van der Waals surface area contributed by atoms with Crippen LogP contribution in [0.1, 0.15) is 0 Å². The van der Waals surface area contributed by atoms with Crippen molar-refractivity contribution in [1.29, 1.82) is 0 Å². The maximum Gasteiger partial charge on any atom is 0.198 e. The highest BCUT2D eigenvalue weighted by molar-refractivity contribution is 8.87. The molecule has 6 heteroatoms. The molecule has 1 rings (SSSR count). The highest BCUT2D eigenvalue weighted by Gasteiger charge is 2.11. The topological polar surface area (TPSA) is 28.0 Å². The van der Waals surface area contributed by atoms with Crippen LogP contribution in [0.4, 0.5) is 0 Å². The minimum absolute atomic E-state index is 0.00164. The van der Waals surface area contributed by atoms with Gasteiger partial charge in [-0.2, -0.15) is 0 Å². The molecule has 0 bridgehead atoms. The molecule has 11 heavy (non-hydrogen) atoms. The van der Waals surface area contributed by atoms with Crippen LogP contribution in [-0.2, 0) is 19.7 Å². The van der Waals surface area contributed by atoms with Crippen LogP contribution in [0.3, 0.4) is 0 Å². The van der Waals surface area contributed by atoms with Crippen LogP contribution in [0.2, 0.25) is 0 Å². The van der Waals surface area contributed by atoms with Gasteiger partial charge in [0.05, 0.1) is 11.9 Å². The monoisotopic (exact) mass is 207 g/mol. The standard InChI is InChI=1S/C5H9N3S3/c1-8(2)3-6-5-7-4-11(9)10-5/h3-5H,1-2H3. The molecule has 1 aliphatic rings. The molecule has 0 radical (unpaired) electrons. The molecular formula is C5H9N3S3. The summed E-state index contributed by atoms with van der Waals surface area (Å²) in [6.07, 6.45) is 1.76. The van der Waals surface area contributed by atoms with Crippen molar-refractivity contribution in [2.45, 2.75) is 5.50 Å². The van der Waals surface area contributed by atoms with E-state index in [1.54, 1.807) is 22.7 Å². The van der Waals surface area contributed by atoms with E-state index in [0.29, 0.717) is 0 Å². The van der Waals surface area contributed by atoms with Gasteiger partial charge in [-0.3, -0.25) is 0 Å². The number of hydrogen-bond donors (Lipinski definition) is 0. The van der Waals surface area contributed by atoms with Gasteiger partial charge in [-0.1, -0.05) is 0 Å². The summed E-state index contributed by atoms with van der Waals surface area (Å²) in [5.41, 5.74) is 1.79. The van der Waals surface area contributed by atoms with Crippen molar-refractivity contribution in [2.75, 3.05) is 14.1 Å². The molecule has 2 atom stereocenters. The van der Waals surface area contributed by atoms with Gasteiger partial charge in [0.15, 0.2) is 5.50 Å². The largest absolute Gasteiger partial charge is 0.369 e. The van der Waals surface area contributed by atoms with E-state index in [0.717, 1.165) is 0 Å². The van der Waals surface area contributed by atoms with Gasteiger partial charge in [-0.05, 0) is 30.5 Å². The first kappa shape index (κ1) is 9.15. The van der Waals surface area contributed by atoms with Crippen molar-refractivity contribution in [3.05, 3.63) is 0 Å². The van der Waals surface area contributed by atoms with E-state index in [-0.39, 0.29) is 14.0 Å². The van der Waals surface area contributed by atoms with Gasteiger partial charge >= 0.3 is 0 Å². The summed E-state index contributed by atoms with van der Waals surface area (Å²) in [5, 5.41) is 0. The lowest BCUT2D eigenvalue weighted by Crippen LogP contribution is -2.09. The van der Waals surface area contributed by atoms with Crippen molar-refractivity contribution in [2.24, 2.45) is 9.98 Å². The Labute approximate surface area is 77.0 Å². The minimum Gasteiger partial charge on any atom is -0.369 e. The summed E-state index contributed by atoms with van der Waals surface area (Å²) in [6, 6.07) is 0. The van der Waals surface area contributed by atoms with E-state index in [1.807, 2.05) is 19.0 Å². The van der Waals surface area contributed by atoms with Crippen molar-refractivity contribution >= 4 is 42.4 Å². The lowest BCUT2D eigenvalue weighted by molar-refractivity contribution is 0.638. The predicted molar refractivity (Wildman–Crippen MR) is 56.8 cm³/mol. The molecule has 62 valence electrons. The van der Waals surface area contributed by atoms with Crippen LogP contribution in [0.25, 0.3) is 0 Å². The molecular weight excluding hydrogens is 198 g/mol. The summed E-state index contributed by atoms with van der Waals surface area (Å²) in [6.45, 7) is 0. The number of nitrogens with zero attached hydrogens (tertiary/aromatic N) is 3. The van der Waals surface area contributed by atoms with E-state index < -0.39 is 0 Å². The summed E-state index contributed by atoms with van der Waals surface area (Å²) < 4.78 is 0. The summed E-state index contributed by atoms with van der Waals surface area (Å²) in [5.74, 6) is 0. The van der Waals surface area contributed by atoms with E-state index in [1.165, 1.54) is 0 Å². The molecule has 0 spiro atoms. The number of aliphatic imine (C=N–C) groups is 2. The summed E-state index contributed by atoms with van der Waals surface area (Å²) in [4.78, 5) is 10.2. The summed E-state index contributed by atoms with van der Waals surface area (Å²) >= 11 is 5.01.